The van der Waals surface area contributed by atoms with Crippen LogP contribution in [-0.2, 0) is 29.1 Å². The molecule has 0 atom stereocenters. The maximum atomic E-state index is 12.7. The summed E-state index contributed by atoms with van der Waals surface area (Å²) in [5.74, 6) is 0.395. The van der Waals surface area contributed by atoms with Gasteiger partial charge < -0.3 is 20.1 Å². The first-order valence-electron chi connectivity index (χ1n) is 10.00. The van der Waals surface area contributed by atoms with Crippen molar-refractivity contribution in [2.75, 3.05) is 19.6 Å². The normalized spacial score (nSPS) is 17.0. The first kappa shape index (κ1) is 19.2. The number of rotatable bonds is 5. The molecule has 2 aliphatic heterocycles. The van der Waals surface area contributed by atoms with E-state index >= 15 is 0 Å². The molecule has 0 bridgehead atoms. The van der Waals surface area contributed by atoms with Crippen molar-refractivity contribution in [2.24, 2.45) is 0 Å². The molecule has 29 heavy (non-hydrogen) atoms. The molecule has 2 aliphatic rings. The fraction of sp³-hybridized carbons (Fsp3) is 0.526. The second-order valence-electron chi connectivity index (χ2n) is 7.44. The Morgan fingerprint density at radius 3 is 2.90 bits per heavy atom. The Morgan fingerprint density at radius 2 is 2.07 bits per heavy atom. The highest BCUT2D eigenvalue weighted by Crippen LogP contribution is 2.21. The molecule has 1 saturated heterocycles. The predicted octanol–water partition coefficient (Wildman–Crippen LogP) is 0.350. The van der Waals surface area contributed by atoms with Crippen LogP contribution in [0.1, 0.15) is 53.3 Å². The summed E-state index contributed by atoms with van der Waals surface area (Å²) in [7, 11) is 0. The number of amides is 3. The Balaban J connectivity index is 1.36. The van der Waals surface area contributed by atoms with Gasteiger partial charge in [0.25, 0.3) is 5.91 Å². The van der Waals surface area contributed by atoms with Gasteiger partial charge in [-0.3, -0.25) is 19.5 Å². The molecular formula is C19H25N7O3. The van der Waals surface area contributed by atoms with Gasteiger partial charge in [0.05, 0.1) is 25.3 Å². The van der Waals surface area contributed by atoms with Crippen LogP contribution in [0.3, 0.4) is 0 Å². The SMILES string of the molecule is O=C(NCc1ncc[nH]1)c1n[nH]c2c1CCN(C(=O)CN1CCCCCC1=O)C2. The van der Waals surface area contributed by atoms with Gasteiger partial charge >= 0.3 is 0 Å². The zero-order valence-corrected chi connectivity index (χ0v) is 16.2. The predicted molar refractivity (Wildman–Crippen MR) is 103 cm³/mol. The van der Waals surface area contributed by atoms with E-state index in [2.05, 4.69) is 25.5 Å². The van der Waals surface area contributed by atoms with Crippen LogP contribution < -0.4 is 5.32 Å². The van der Waals surface area contributed by atoms with Crippen LogP contribution in [0.2, 0.25) is 0 Å². The van der Waals surface area contributed by atoms with Crippen LogP contribution in [0, 0.1) is 0 Å². The Bertz CT molecular complexity index is 890. The van der Waals surface area contributed by atoms with Crippen molar-refractivity contribution >= 4 is 17.7 Å². The van der Waals surface area contributed by atoms with Crippen molar-refractivity contribution in [3.63, 3.8) is 0 Å². The van der Waals surface area contributed by atoms with E-state index in [1.54, 1.807) is 22.2 Å². The minimum absolute atomic E-state index is 0.0607. The van der Waals surface area contributed by atoms with Crippen molar-refractivity contribution < 1.29 is 14.4 Å². The molecule has 3 N–H and O–H groups in total. The van der Waals surface area contributed by atoms with Crippen molar-refractivity contribution in [2.45, 2.75) is 45.2 Å². The molecule has 0 spiro atoms. The molecule has 2 aromatic heterocycles. The van der Waals surface area contributed by atoms with Crippen LogP contribution in [-0.4, -0.2) is 67.3 Å². The molecule has 4 heterocycles. The minimum Gasteiger partial charge on any atom is -0.347 e. The lowest BCUT2D eigenvalue weighted by Crippen LogP contribution is -2.44. The van der Waals surface area contributed by atoms with Gasteiger partial charge in [-0.25, -0.2) is 4.98 Å². The van der Waals surface area contributed by atoms with Gasteiger partial charge in [0.2, 0.25) is 11.8 Å². The maximum Gasteiger partial charge on any atom is 0.272 e. The molecule has 0 radical (unpaired) electrons. The molecule has 10 heteroatoms. The highest BCUT2D eigenvalue weighted by atomic mass is 16.2. The topological polar surface area (TPSA) is 127 Å². The maximum absolute atomic E-state index is 12.7. The molecule has 4 rings (SSSR count). The highest BCUT2D eigenvalue weighted by molar-refractivity contribution is 5.94. The first-order valence-corrected chi connectivity index (χ1v) is 10.00. The summed E-state index contributed by atoms with van der Waals surface area (Å²) < 4.78 is 0. The summed E-state index contributed by atoms with van der Waals surface area (Å²) in [6, 6.07) is 0. The number of nitrogens with zero attached hydrogens (tertiary/aromatic N) is 4. The second-order valence-corrected chi connectivity index (χ2v) is 7.44. The molecule has 0 aliphatic carbocycles. The van der Waals surface area contributed by atoms with E-state index in [1.165, 1.54) is 0 Å². The number of aromatic nitrogens is 4. The van der Waals surface area contributed by atoms with Crippen LogP contribution >= 0.6 is 0 Å². The molecule has 154 valence electrons. The van der Waals surface area contributed by atoms with E-state index in [0.29, 0.717) is 50.5 Å². The van der Waals surface area contributed by atoms with Gasteiger partial charge in [-0.05, 0) is 19.3 Å². The van der Waals surface area contributed by atoms with Crippen LogP contribution in [0.15, 0.2) is 12.4 Å². The molecule has 0 unspecified atom stereocenters. The van der Waals surface area contributed by atoms with Crippen LogP contribution in [0.4, 0.5) is 0 Å². The van der Waals surface area contributed by atoms with Crippen LogP contribution in [0.25, 0.3) is 0 Å². The van der Waals surface area contributed by atoms with Crippen molar-refractivity contribution in [3.05, 3.63) is 35.2 Å². The zero-order valence-electron chi connectivity index (χ0n) is 16.2. The van der Waals surface area contributed by atoms with Crippen LogP contribution in [0.5, 0.6) is 0 Å². The van der Waals surface area contributed by atoms with Gasteiger partial charge in [0, 0.05) is 37.5 Å². The molecule has 2 aromatic rings. The third kappa shape index (κ3) is 4.30. The Labute approximate surface area is 168 Å². The third-order valence-corrected chi connectivity index (χ3v) is 5.47. The standard InChI is InChI=1S/C19H25N7O3/c27-16-4-2-1-3-8-25(16)12-17(28)26-9-5-13-14(11-26)23-24-18(13)19(29)22-10-15-20-6-7-21-15/h6-7H,1-5,8-12H2,(H,20,21)(H,22,29)(H,23,24). The fourth-order valence-electron chi connectivity index (χ4n) is 3.83. The molecule has 1 fully saturated rings. The number of carbonyl (C=O) groups is 3. The van der Waals surface area contributed by atoms with E-state index in [0.717, 1.165) is 30.5 Å². The van der Waals surface area contributed by atoms with Crippen molar-refractivity contribution in [1.82, 2.24) is 35.3 Å². The number of likely N-dealkylation sites (tertiary alicyclic amines) is 1. The summed E-state index contributed by atoms with van der Waals surface area (Å²) in [6.45, 7) is 1.94. The lowest BCUT2D eigenvalue weighted by molar-refractivity contribution is -0.140. The molecule has 0 saturated carbocycles. The summed E-state index contributed by atoms with van der Waals surface area (Å²) in [4.78, 5) is 47.7. The summed E-state index contributed by atoms with van der Waals surface area (Å²) in [5.41, 5.74) is 1.98. The van der Waals surface area contributed by atoms with Gasteiger partial charge in [0.1, 0.15) is 5.82 Å². The highest BCUT2D eigenvalue weighted by Gasteiger charge is 2.29. The number of nitrogens with one attached hydrogen (secondary N) is 3. The summed E-state index contributed by atoms with van der Waals surface area (Å²) in [6.07, 6.45) is 7.27. The van der Waals surface area contributed by atoms with E-state index < -0.39 is 0 Å². The van der Waals surface area contributed by atoms with Gasteiger partial charge in [-0.2, -0.15) is 5.10 Å². The summed E-state index contributed by atoms with van der Waals surface area (Å²) in [5, 5.41) is 9.86. The number of H-pyrrole nitrogens is 2. The van der Waals surface area contributed by atoms with Gasteiger partial charge in [-0.1, -0.05) is 6.42 Å². The van der Waals surface area contributed by atoms with E-state index in [9.17, 15) is 14.4 Å². The largest absolute Gasteiger partial charge is 0.347 e. The Kier molecular flexibility index (Phi) is 5.59. The monoisotopic (exact) mass is 399 g/mol. The molecule has 10 nitrogen and oxygen atoms in total. The first-order chi connectivity index (χ1) is 14.1. The lowest BCUT2D eigenvalue weighted by atomic mass is 10.0. The van der Waals surface area contributed by atoms with Crippen molar-refractivity contribution in [1.29, 1.82) is 0 Å². The van der Waals surface area contributed by atoms with E-state index in [4.69, 9.17) is 0 Å². The average Bonchev–Trinajstić information content (AvgIpc) is 3.35. The number of fused-ring (bicyclic) bond motifs is 1. The number of hydrogen-bond acceptors (Lipinski definition) is 5. The molecular weight excluding hydrogens is 374 g/mol. The minimum atomic E-state index is -0.270. The number of carbonyl (C=O) groups excluding carboxylic acids is 3. The Morgan fingerprint density at radius 1 is 1.17 bits per heavy atom. The third-order valence-electron chi connectivity index (χ3n) is 5.47. The van der Waals surface area contributed by atoms with Gasteiger partial charge in [-0.15, -0.1) is 0 Å². The number of hydrogen-bond donors (Lipinski definition) is 3. The quantitative estimate of drug-likeness (QED) is 0.669. The lowest BCUT2D eigenvalue weighted by Gasteiger charge is -2.29. The zero-order chi connectivity index (χ0) is 20.2. The number of aromatic amines is 2. The second kappa shape index (κ2) is 8.46. The van der Waals surface area contributed by atoms with Crippen molar-refractivity contribution in [3.8, 4) is 0 Å². The fourth-order valence-corrected chi connectivity index (χ4v) is 3.83. The summed E-state index contributed by atoms with van der Waals surface area (Å²) >= 11 is 0. The average molecular weight is 399 g/mol. The smallest absolute Gasteiger partial charge is 0.272 e. The Hall–Kier alpha value is -3.17. The number of imidazole rings is 1. The van der Waals surface area contributed by atoms with E-state index in [1.807, 2.05) is 0 Å². The molecule has 3 amide bonds. The van der Waals surface area contributed by atoms with E-state index in [-0.39, 0.29) is 24.3 Å². The molecule has 0 aromatic carbocycles. The van der Waals surface area contributed by atoms with Gasteiger partial charge in [0.15, 0.2) is 5.69 Å².